The van der Waals surface area contributed by atoms with Crippen LogP contribution in [0.2, 0.25) is 0 Å². The van der Waals surface area contributed by atoms with Crippen molar-refractivity contribution < 1.29 is 4.79 Å². The van der Waals surface area contributed by atoms with Crippen LogP contribution >= 0.6 is 0 Å². The minimum Gasteiger partial charge on any atom is -0.368 e. The molecule has 154 valence electrons. The van der Waals surface area contributed by atoms with Crippen molar-refractivity contribution in [3.05, 3.63) is 30.6 Å². The summed E-state index contributed by atoms with van der Waals surface area (Å²) in [6.07, 6.45) is 4.08. The van der Waals surface area contributed by atoms with Crippen molar-refractivity contribution >= 4 is 45.8 Å². The average molecular weight is 405 g/mol. The zero-order valence-electron chi connectivity index (χ0n) is 16.7. The van der Waals surface area contributed by atoms with Gasteiger partial charge in [0.05, 0.1) is 17.4 Å². The van der Waals surface area contributed by atoms with Crippen LogP contribution in [0.15, 0.2) is 30.6 Å². The molecule has 5 rings (SSSR count). The Balaban J connectivity index is 1.33. The Bertz CT molecular complexity index is 1210. The van der Waals surface area contributed by atoms with Crippen LogP contribution in [-0.4, -0.2) is 59.9 Å². The molecule has 0 atom stereocenters. The van der Waals surface area contributed by atoms with E-state index in [1.165, 1.54) is 0 Å². The molecule has 30 heavy (non-hydrogen) atoms. The number of para-hydroxylation sites is 2. The quantitative estimate of drug-likeness (QED) is 0.404. The van der Waals surface area contributed by atoms with Gasteiger partial charge in [-0.3, -0.25) is 10.1 Å². The third-order valence-electron chi connectivity index (χ3n) is 5.37. The first kappa shape index (κ1) is 18.3. The zero-order chi connectivity index (χ0) is 20.5. The van der Waals surface area contributed by atoms with Crippen LogP contribution in [-0.2, 0) is 11.8 Å². The maximum Gasteiger partial charge on any atom is 0.233 e. The van der Waals surface area contributed by atoms with E-state index in [-0.39, 0.29) is 5.91 Å². The van der Waals surface area contributed by atoms with Crippen molar-refractivity contribution in [3.63, 3.8) is 0 Å². The number of hydrogen-bond acceptors (Lipinski definition) is 7. The Morgan fingerprint density at radius 1 is 1.20 bits per heavy atom. The lowest BCUT2D eigenvalue weighted by Crippen LogP contribution is -2.27. The van der Waals surface area contributed by atoms with Crippen LogP contribution in [0.25, 0.3) is 22.2 Å². The van der Waals surface area contributed by atoms with Crippen molar-refractivity contribution in [1.82, 2.24) is 34.4 Å². The molecule has 10 nitrogen and oxygen atoms in total. The lowest BCUT2D eigenvalue weighted by molar-refractivity contribution is -0.127. The number of aromatic nitrogens is 6. The molecule has 0 spiro atoms. The largest absolute Gasteiger partial charge is 0.368 e. The molecule has 0 saturated carbocycles. The van der Waals surface area contributed by atoms with Crippen LogP contribution in [0.5, 0.6) is 0 Å². The second-order valence-electron chi connectivity index (χ2n) is 7.37. The molecule has 0 aliphatic carbocycles. The van der Waals surface area contributed by atoms with E-state index in [2.05, 4.69) is 35.6 Å². The normalized spacial score (nSPS) is 14.2. The predicted molar refractivity (Wildman–Crippen MR) is 115 cm³/mol. The van der Waals surface area contributed by atoms with Crippen molar-refractivity contribution in [3.8, 4) is 0 Å². The highest BCUT2D eigenvalue weighted by molar-refractivity contribution is 5.84. The molecule has 1 aliphatic heterocycles. The van der Waals surface area contributed by atoms with Crippen LogP contribution in [0, 0.1) is 0 Å². The summed E-state index contributed by atoms with van der Waals surface area (Å²) in [5.41, 5.74) is 3.25. The molecule has 0 unspecified atom stereocenters. The minimum absolute atomic E-state index is 0.252. The van der Waals surface area contributed by atoms with Crippen LogP contribution in [0.3, 0.4) is 0 Å². The molecule has 1 aliphatic rings. The number of carbonyl (C=O) groups is 1. The number of rotatable bonds is 7. The number of nitrogens with one attached hydrogen (secondary N) is 3. The number of imidazole rings is 2. The fraction of sp³-hybridized carbons (Fsp3) is 0.350. The Labute approximate surface area is 172 Å². The number of H-pyrrole nitrogens is 1. The number of benzene rings is 1. The van der Waals surface area contributed by atoms with Gasteiger partial charge in [0.1, 0.15) is 5.52 Å². The molecule has 1 saturated heterocycles. The van der Waals surface area contributed by atoms with Gasteiger partial charge in [-0.25, -0.2) is 9.97 Å². The SMILES string of the molecule is Cn1c(Nc2nc(NCCCN3CCCC3=O)c3[nH]cnc3n2)nc2ccccc21. The second kappa shape index (κ2) is 7.62. The van der Waals surface area contributed by atoms with E-state index >= 15 is 0 Å². The third-order valence-corrected chi connectivity index (χ3v) is 5.37. The van der Waals surface area contributed by atoms with E-state index in [0.717, 1.165) is 42.5 Å². The molecule has 0 bridgehead atoms. The molecular formula is C20H23N9O. The van der Waals surface area contributed by atoms with Gasteiger partial charge in [0.15, 0.2) is 11.5 Å². The van der Waals surface area contributed by atoms with Crippen molar-refractivity contribution in [2.75, 3.05) is 30.3 Å². The summed E-state index contributed by atoms with van der Waals surface area (Å²) in [6, 6.07) is 7.93. The molecule has 4 aromatic rings. The topological polar surface area (TPSA) is 117 Å². The van der Waals surface area contributed by atoms with Gasteiger partial charge in [0, 0.05) is 33.1 Å². The molecule has 3 N–H and O–H groups in total. The van der Waals surface area contributed by atoms with Gasteiger partial charge >= 0.3 is 0 Å². The molecule has 1 fully saturated rings. The molecule has 4 heterocycles. The Kier molecular flexibility index (Phi) is 4.66. The molecule has 0 radical (unpaired) electrons. The van der Waals surface area contributed by atoms with Gasteiger partial charge in [0.2, 0.25) is 17.8 Å². The van der Waals surface area contributed by atoms with E-state index in [4.69, 9.17) is 0 Å². The monoisotopic (exact) mass is 405 g/mol. The summed E-state index contributed by atoms with van der Waals surface area (Å²) in [6.45, 7) is 2.32. The fourth-order valence-corrected chi connectivity index (χ4v) is 3.79. The first-order valence-electron chi connectivity index (χ1n) is 10.1. The first-order valence-corrected chi connectivity index (χ1v) is 10.1. The number of anilines is 3. The molecule has 3 aromatic heterocycles. The number of aromatic amines is 1. The molecule has 10 heteroatoms. The van der Waals surface area contributed by atoms with Crippen LogP contribution in [0.4, 0.5) is 17.7 Å². The van der Waals surface area contributed by atoms with E-state index < -0.39 is 0 Å². The first-order chi connectivity index (χ1) is 14.7. The fourth-order valence-electron chi connectivity index (χ4n) is 3.79. The molecular weight excluding hydrogens is 382 g/mol. The maximum atomic E-state index is 11.7. The Hall–Kier alpha value is -3.69. The average Bonchev–Trinajstić information content (AvgIpc) is 3.46. The van der Waals surface area contributed by atoms with Gasteiger partial charge < -0.3 is 19.8 Å². The summed E-state index contributed by atoms with van der Waals surface area (Å²) >= 11 is 0. The van der Waals surface area contributed by atoms with E-state index in [9.17, 15) is 4.79 Å². The summed E-state index contributed by atoms with van der Waals surface area (Å²) in [5, 5.41) is 6.56. The summed E-state index contributed by atoms with van der Waals surface area (Å²) in [7, 11) is 1.95. The lowest BCUT2D eigenvalue weighted by Gasteiger charge is -2.15. The number of nitrogens with zero attached hydrogens (tertiary/aromatic N) is 6. The van der Waals surface area contributed by atoms with Crippen molar-refractivity contribution in [2.45, 2.75) is 19.3 Å². The number of aryl methyl sites for hydroxylation is 1. The van der Waals surface area contributed by atoms with E-state index in [0.29, 0.717) is 36.3 Å². The number of carbonyl (C=O) groups excluding carboxylic acids is 1. The smallest absolute Gasteiger partial charge is 0.233 e. The summed E-state index contributed by atoms with van der Waals surface area (Å²) < 4.78 is 1.97. The van der Waals surface area contributed by atoms with Crippen LogP contribution < -0.4 is 10.6 Å². The van der Waals surface area contributed by atoms with Gasteiger partial charge in [-0.05, 0) is 25.0 Å². The van der Waals surface area contributed by atoms with Gasteiger partial charge in [0.25, 0.3) is 0 Å². The maximum absolute atomic E-state index is 11.7. The van der Waals surface area contributed by atoms with Crippen LogP contribution in [0.1, 0.15) is 19.3 Å². The molecule has 1 aromatic carbocycles. The Morgan fingerprint density at radius 2 is 2.10 bits per heavy atom. The summed E-state index contributed by atoms with van der Waals surface area (Å²) in [4.78, 5) is 34.8. The lowest BCUT2D eigenvalue weighted by atomic mass is 10.3. The molecule has 1 amide bonds. The Morgan fingerprint density at radius 3 is 2.93 bits per heavy atom. The van der Waals surface area contributed by atoms with E-state index in [1.54, 1.807) is 6.33 Å². The highest BCUT2D eigenvalue weighted by Crippen LogP contribution is 2.23. The summed E-state index contributed by atoms with van der Waals surface area (Å²) in [5.74, 6) is 2.00. The van der Waals surface area contributed by atoms with Gasteiger partial charge in [-0.15, -0.1) is 0 Å². The number of fused-ring (bicyclic) bond motifs is 2. The van der Waals surface area contributed by atoms with Crippen molar-refractivity contribution in [1.29, 1.82) is 0 Å². The van der Waals surface area contributed by atoms with Gasteiger partial charge in [-0.2, -0.15) is 9.97 Å². The van der Waals surface area contributed by atoms with E-state index in [1.807, 2.05) is 40.8 Å². The highest BCUT2D eigenvalue weighted by atomic mass is 16.2. The predicted octanol–water partition coefficient (Wildman–Crippen LogP) is 2.41. The number of amides is 1. The van der Waals surface area contributed by atoms with Crippen molar-refractivity contribution in [2.24, 2.45) is 7.05 Å². The number of likely N-dealkylation sites (tertiary alicyclic amines) is 1. The van der Waals surface area contributed by atoms with Gasteiger partial charge in [-0.1, -0.05) is 12.1 Å². The number of hydrogen-bond donors (Lipinski definition) is 3. The second-order valence-corrected chi connectivity index (χ2v) is 7.37. The minimum atomic E-state index is 0.252. The standard InChI is InChI=1S/C20H23N9O/c1-28-14-7-3-2-6-13(14)24-20(28)27-19-25-17(16-18(26-19)23-12-22-16)21-9-5-11-29-10-4-8-15(29)30/h2-3,6-7,12H,4-5,8-11H2,1H3,(H3,21,22,23,24,25,26,27). The highest BCUT2D eigenvalue weighted by Gasteiger charge is 2.19. The zero-order valence-corrected chi connectivity index (χ0v) is 16.7. The third kappa shape index (κ3) is 3.40.